The number of hydrogen-bond acceptors (Lipinski definition) is 6. The van der Waals surface area contributed by atoms with Crippen LogP contribution in [-0.2, 0) is 11.5 Å². The lowest BCUT2D eigenvalue weighted by molar-refractivity contribution is -0.130. The number of carbonyl (C=O) groups excluding carboxylic acids is 1. The van der Waals surface area contributed by atoms with Crippen molar-refractivity contribution in [1.29, 1.82) is 0 Å². The van der Waals surface area contributed by atoms with Crippen LogP contribution in [0.4, 0.5) is 0 Å². The van der Waals surface area contributed by atoms with Gasteiger partial charge < -0.3 is 5.32 Å². The smallest absolute Gasteiger partial charge is 0.242 e. The summed E-state index contributed by atoms with van der Waals surface area (Å²) in [5.41, 5.74) is 5.62. The van der Waals surface area contributed by atoms with E-state index in [1.165, 1.54) is 0 Å². The van der Waals surface area contributed by atoms with Gasteiger partial charge >= 0.3 is 0 Å². The molecule has 174 valence electrons. The van der Waals surface area contributed by atoms with Gasteiger partial charge in [0.2, 0.25) is 10.7 Å². The molecule has 0 radical (unpaired) electrons. The topological polar surface area (TPSA) is 85.8 Å². The second kappa shape index (κ2) is 8.96. The highest BCUT2D eigenvalue weighted by atomic mass is 32.1. The summed E-state index contributed by atoms with van der Waals surface area (Å²) >= 11 is 5.67. The van der Waals surface area contributed by atoms with Gasteiger partial charge in [0.05, 0.1) is 23.7 Å². The summed E-state index contributed by atoms with van der Waals surface area (Å²) in [5.74, 6) is -0.0532. The molecule has 1 N–H and O–H groups in total. The van der Waals surface area contributed by atoms with Crippen LogP contribution in [0.1, 0.15) is 28.6 Å². The number of rotatable bonds is 5. The molecule has 4 aromatic rings. The predicted octanol–water partition coefficient (Wildman–Crippen LogP) is 3.04. The standard InChI is InChI=1S/C24H26N8OS/c1-16-9-11-20(12-10-16)32-24(34)30(27-28-32)15-29-14-13-25-23(33)22(29)21-17(2)26-31(18(21)3)19-7-5-4-6-8-19/h4-12,22H,13-15H2,1-3H3,(H,25,33)/t22-/m1/s1. The van der Waals surface area contributed by atoms with Gasteiger partial charge in [0.15, 0.2) is 0 Å². The molecule has 0 aliphatic carbocycles. The summed E-state index contributed by atoms with van der Waals surface area (Å²) in [6, 6.07) is 17.4. The third-order valence-electron chi connectivity index (χ3n) is 6.17. The Morgan fingerprint density at radius 3 is 2.41 bits per heavy atom. The summed E-state index contributed by atoms with van der Waals surface area (Å²) in [6.45, 7) is 7.54. The summed E-state index contributed by atoms with van der Waals surface area (Å²) in [5, 5.41) is 16.3. The fourth-order valence-corrected chi connectivity index (χ4v) is 4.67. The van der Waals surface area contributed by atoms with E-state index in [0.29, 0.717) is 24.5 Å². The van der Waals surface area contributed by atoms with Crippen LogP contribution in [0, 0.1) is 25.5 Å². The maximum atomic E-state index is 13.1. The quantitative estimate of drug-likeness (QED) is 0.448. The molecule has 34 heavy (non-hydrogen) atoms. The lowest BCUT2D eigenvalue weighted by Gasteiger charge is -2.34. The van der Waals surface area contributed by atoms with E-state index >= 15 is 0 Å². The number of amides is 1. The monoisotopic (exact) mass is 474 g/mol. The number of aromatic nitrogens is 6. The van der Waals surface area contributed by atoms with Crippen LogP contribution in [0.15, 0.2) is 54.6 Å². The average molecular weight is 475 g/mol. The molecule has 1 saturated heterocycles. The SMILES string of the molecule is Cc1ccc(-n2nnn(CN3CCNC(=O)[C@H]3c3c(C)nn(-c4ccccc4)c3C)c2=S)cc1. The molecule has 1 aliphatic rings. The lowest BCUT2D eigenvalue weighted by atomic mass is 10.0. The Hall–Kier alpha value is -3.63. The van der Waals surface area contributed by atoms with Crippen molar-refractivity contribution in [2.24, 2.45) is 0 Å². The Balaban J connectivity index is 1.49. The van der Waals surface area contributed by atoms with Crippen molar-refractivity contribution in [2.75, 3.05) is 13.1 Å². The van der Waals surface area contributed by atoms with Crippen molar-refractivity contribution in [2.45, 2.75) is 33.5 Å². The molecule has 3 heterocycles. The Bertz CT molecular complexity index is 1390. The van der Waals surface area contributed by atoms with Gasteiger partial charge in [-0.3, -0.25) is 9.69 Å². The summed E-state index contributed by atoms with van der Waals surface area (Å²) < 4.78 is 5.66. The zero-order valence-electron chi connectivity index (χ0n) is 19.3. The van der Waals surface area contributed by atoms with E-state index in [1.54, 1.807) is 9.36 Å². The van der Waals surface area contributed by atoms with Crippen LogP contribution in [0.25, 0.3) is 11.4 Å². The van der Waals surface area contributed by atoms with Crippen LogP contribution in [-0.4, -0.2) is 53.5 Å². The lowest BCUT2D eigenvalue weighted by Crippen LogP contribution is -2.50. The number of piperazine rings is 1. The fraction of sp³-hybridized carbons (Fsp3) is 0.292. The molecule has 2 aromatic carbocycles. The van der Waals surface area contributed by atoms with Crippen LogP contribution in [0.2, 0.25) is 0 Å². The molecule has 0 saturated carbocycles. The van der Waals surface area contributed by atoms with Gasteiger partial charge in [-0.25, -0.2) is 9.36 Å². The van der Waals surface area contributed by atoms with E-state index in [-0.39, 0.29) is 5.91 Å². The van der Waals surface area contributed by atoms with Crippen molar-refractivity contribution >= 4 is 18.1 Å². The Morgan fingerprint density at radius 2 is 1.68 bits per heavy atom. The summed E-state index contributed by atoms with van der Waals surface area (Å²) in [7, 11) is 0. The highest BCUT2D eigenvalue weighted by Crippen LogP contribution is 2.30. The minimum atomic E-state index is -0.502. The van der Waals surface area contributed by atoms with Gasteiger partial charge in [-0.1, -0.05) is 35.9 Å². The van der Waals surface area contributed by atoms with E-state index in [4.69, 9.17) is 17.3 Å². The third kappa shape index (κ3) is 3.95. The largest absolute Gasteiger partial charge is 0.353 e. The first-order valence-electron chi connectivity index (χ1n) is 11.2. The molecule has 9 nitrogen and oxygen atoms in total. The van der Waals surface area contributed by atoms with E-state index in [0.717, 1.165) is 33.9 Å². The third-order valence-corrected chi connectivity index (χ3v) is 6.55. The number of carbonyl (C=O) groups is 1. The van der Waals surface area contributed by atoms with E-state index in [1.807, 2.05) is 80.1 Å². The molecule has 10 heteroatoms. The van der Waals surface area contributed by atoms with E-state index in [2.05, 4.69) is 20.6 Å². The highest BCUT2D eigenvalue weighted by Gasteiger charge is 2.36. The van der Waals surface area contributed by atoms with E-state index in [9.17, 15) is 4.79 Å². The number of nitrogens with one attached hydrogen (secondary N) is 1. The number of aryl methyl sites for hydroxylation is 2. The predicted molar refractivity (Wildman–Crippen MR) is 130 cm³/mol. The molecular weight excluding hydrogens is 448 g/mol. The zero-order valence-corrected chi connectivity index (χ0v) is 20.2. The zero-order chi connectivity index (χ0) is 23.8. The van der Waals surface area contributed by atoms with Crippen molar-refractivity contribution in [3.8, 4) is 11.4 Å². The molecule has 1 aliphatic heterocycles. The number of nitrogens with zero attached hydrogens (tertiary/aromatic N) is 7. The van der Waals surface area contributed by atoms with Gasteiger partial charge in [-0.2, -0.15) is 9.78 Å². The molecule has 0 unspecified atom stereocenters. The molecule has 1 amide bonds. The first-order chi connectivity index (χ1) is 16.4. The first kappa shape index (κ1) is 22.2. The number of tetrazole rings is 1. The van der Waals surface area contributed by atoms with Crippen LogP contribution in [0.3, 0.4) is 0 Å². The molecule has 1 fully saturated rings. The first-order valence-corrected chi connectivity index (χ1v) is 11.6. The Kier molecular flexibility index (Phi) is 5.84. The average Bonchev–Trinajstić information content (AvgIpc) is 3.34. The maximum Gasteiger partial charge on any atom is 0.242 e. The van der Waals surface area contributed by atoms with Crippen molar-refractivity contribution < 1.29 is 4.79 Å². The van der Waals surface area contributed by atoms with Gasteiger partial charge in [-0.15, -0.1) is 0 Å². The summed E-state index contributed by atoms with van der Waals surface area (Å²) in [4.78, 5) is 15.2. The minimum absolute atomic E-state index is 0.0532. The van der Waals surface area contributed by atoms with Crippen LogP contribution in [0.5, 0.6) is 0 Å². The fourth-order valence-electron chi connectivity index (χ4n) is 4.43. The van der Waals surface area contributed by atoms with Crippen molar-refractivity contribution in [3.05, 3.63) is 81.9 Å². The number of benzene rings is 2. The minimum Gasteiger partial charge on any atom is -0.353 e. The van der Waals surface area contributed by atoms with Crippen molar-refractivity contribution in [3.63, 3.8) is 0 Å². The van der Waals surface area contributed by atoms with Gasteiger partial charge in [-0.05, 0) is 67.7 Å². The highest BCUT2D eigenvalue weighted by molar-refractivity contribution is 7.71. The van der Waals surface area contributed by atoms with Crippen LogP contribution < -0.4 is 5.32 Å². The van der Waals surface area contributed by atoms with Gasteiger partial charge in [0.1, 0.15) is 6.04 Å². The molecule has 2 aromatic heterocycles. The molecule has 0 spiro atoms. The molecule has 5 rings (SSSR count). The van der Waals surface area contributed by atoms with Crippen LogP contribution >= 0.6 is 12.2 Å². The van der Waals surface area contributed by atoms with Gasteiger partial charge in [0, 0.05) is 24.3 Å². The Labute approximate surface area is 202 Å². The second-order valence-electron chi connectivity index (χ2n) is 8.49. The van der Waals surface area contributed by atoms with Crippen molar-refractivity contribution in [1.82, 2.24) is 39.8 Å². The number of hydrogen-bond donors (Lipinski definition) is 1. The molecular formula is C24H26N8OS. The van der Waals surface area contributed by atoms with Gasteiger partial charge in [0.25, 0.3) is 0 Å². The molecule has 0 bridgehead atoms. The van der Waals surface area contributed by atoms with E-state index < -0.39 is 6.04 Å². The summed E-state index contributed by atoms with van der Waals surface area (Å²) in [6.07, 6.45) is 0. The molecule has 1 atom stereocenters. The second-order valence-corrected chi connectivity index (χ2v) is 8.85. The maximum absolute atomic E-state index is 13.1. The number of para-hydroxylation sites is 1. The Morgan fingerprint density at radius 1 is 0.971 bits per heavy atom. The normalized spacial score (nSPS) is 16.6.